The second-order valence-electron chi connectivity index (χ2n) is 5.68. The van der Waals surface area contributed by atoms with Crippen LogP contribution in [0.4, 0.5) is 10.1 Å². The molecular formula is C20H14BrFN4S. The molecule has 134 valence electrons. The monoisotopic (exact) mass is 440 g/mol. The van der Waals surface area contributed by atoms with E-state index in [1.54, 1.807) is 23.0 Å². The first kappa shape index (κ1) is 17.6. The number of halogens is 2. The van der Waals surface area contributed by atoms with Gasteiger partial charge in [-0.15, -0.1) is 11.3 Å². The number of rotatable bonds is 4. The number of hydrogen-bond donors (Lipinski definition) is 1. The zero-order valence-corrected chi connectivity index (χ0v) is 16.4. The quantitative estimate of drug-likeness (QED) is 0.403. The minimum atomic E-state index is -0.284. The summed E-state index contributed by atoms with van der Waals surface area (Å²) in [6.45, 7) is 0. The van der Waals surface area contributed by atoms with Crippen LogP contribution in [0.2, 0.25) is 0 Å². The largest absolute Gasteiger partial charge is 0.360 e. The molecule has 7 heteroatoms. The molecule has 2 heterocycles. The van der Waals surface area contributed by atoms with Crippen LogP contribution < -0.4 is 4.80 Å². The predicted molar refractivity (Wildman–Crippen MR) is 111 cm³/mol. The van der Waals surface area contributed by atoms with Crippen LogP contribution in [0.5, 0.6) is 0 Å². The fraction of sp³-hybridized carbons (Fsp3) is 0. The van der Waals surface area contributed by atoms with Gasteiger partial charge in [-0.1, -0.05) is 28.1 Å². The van der Waals surface area contributed by atoms with E-state index in [1.807, 2.05) is 48.0 Å². The van der Waals surface area contributed by atoms with Gasteiger partial charge in [0.15, 0.2) is 0 Å². The van der Waals surface area contributed by atoms with Gasteiger partial charge in [0.05, 0.1) is 23.3 Å². The Kier molecular flexibility index (Phi) is 5.13. The summed E-state index contributed by atoms with van der Waals surface area (Å²) in [5, 5.41) is 6.62. The van der Waals surface area contributed by atoms with Gasteiger partial charge in [0.1, 0.15) is 5.82 Å². The maximum Gasteiger partial charge on any atom is 0.211 e. The van der Waals surface area contributed by atoms with Crippen LogP contribution >= 0.6 is 27.3 Å². The molecule has 4 nitrogen and oxygen atoms in total. The first-order chi connectivity index (χ1) is 13.2. The first-order valence-electron chi connectivity index (χ1n) is 8.13. The zero-order valence-electron chi connectivity index (χ0n) is 14.0. The summed E-state index contributed by atoms with van der Waals surface area (Å²) in [7, 11) is 0. The fourth-order valence-electron chi connectivity index (χ4n) is 2.48. The van der Waals surface area contributed by atoms with Gasteiger partial charge in [-0.25, -0.2) is 14.1 Å². The van der Waals surface area contributed by atoms with E-state index < -0.39 is 0 Å². The summed E-state index contributed by atoms with van der Waals surface area (Å²) in [6, 6.07) is 18.0. The lowest BCUT2D eigenvalue weighted by Crippen LogP contribution is -2.11. The summed E-state index contributed by atoms with van der Waals surface area (Å²) in [4.78, 5) is 8.43. The molecule has 0 bridgehead atoms. The van der Waals surface area contributed by atoms with Gasteiger partial charge in [-0.2, -0.15) is 5.10 Å². The molecule has 0 unspecified atom stereocenters. The van der Waals surface area contributed by atoms with Gasteiger partial charge in [0.25, 0.3) is 0 Å². The van der Waals surface area contributed by atoms with Crippen molar-refractivity contribution in [2.45, 2.75) is 0 Å². The number of nitrogens with zero attached hydrogens (tertiary/aromatic N) is 3. The molecule has 0 amide bonds. The minimum absolute atomic E-state index is 0.284. The maximum absolute atomic E-state index is 13.2. The SMILES string of the molecule is Fc1ccc(N=c2scc(-c3ccc(Br)cc3)n2N=Cc2ccc[nH]2)cc1. The van der Waals surface area contributed by atoms with Crippen molar-refractivity contribution in [1.82, 2.24) is 9.66 Å². The van der Waals surface area contributed by atoms with E-state index >= 15 is 0 Å². The molecule has 4 aromatic rings. The Balaban J connectivity index is 1.83. The number of thiazole rings is 1. The third-order valence-electron chi connectivity index (χ3n) is 3.81. The van der Waals surface area contributed by atoms with Crippen molar-refractivity contribution in [3.05, 3.63) is 93.0 Å². The molecule has 0 aliphatic carbocycles. The molecule has 0 aliphatic rings. The lowest BCUT2D eigenvalue weighted by atomic mass is 10.2. The first-order valence-corrected chi connectivity index (χ1v) is 9.81. The molecule has 2 aromatic carbocycles. The van der Waals surface area contributed by atoms with Crippen molar-refractivity contribution >= 4 is 39.2 Å². The minimum Gasteiger partial charge on any atom is -0.360 e. The predicted octanol–water partition coefficient (Wildman–Crippen LogP) is 5.56. The van der Waals surface area contributed by atoms with Crippen molar-refractivity contribution < 1.29 is 4.39 Å². The third-order valence-corrected chi connectivity index (χ3v) is 5.16. The Bertz CT molecular complexity index is 1120. The maximum atomic E-state index is 13.2. The summed E-state index contributed by atoms with van der Waals surface area (Å²) < 4.78 is 16.0. The van der Waals surface area contributed by atoms with E-state index in [4.69, 9.17) is 0 Å². The average molecular weight is 441 g/mol. The van der Waals surface area contributed by atoms with E-state index in [2.05, 4.69) is 31.0 Å². The Labute approximate surface area is 167 Å². The third kappa shape index (κ3) is 4.15. The lowest BCUT2D eigenvalue weighted by molar-refractivity contribution is 0.628. The van der Waals surface area contributed by atoms with Gasteiger partial charge in [-0.3, -0.25) is 0 Å². The Morgan fingerprint density at radius 3 is 2.52 bits per heavy atom. The second-order valence-corrected chi connectivity index (χ2v) is 7.43. The van der Waals surface area contributed by atoms with Crippen LogP contribution in [0.15, 0.2) is 86.8 Å². The second kappa shape index (κ2) is 7.85. The van der Waals surface area contributed by atoms with E-state index in [1.165, 1.54) is 23.5 Å². The van der Waals surface area contributed by atoms with Crippen LogP contribution in [0.3, 0.4) is 0 Å². The number of aromatic nitrogens is 2. The number of benzene rings is 2. The molecule has 27 heavy (non-hydrogen) atoms. The van der Waals surface area contributed by atoms with Crippen LogP contribution in [0.25, 0.3) is 11.3 Å². The summed E-state index contributed by atoms with van der Waals surface area (Å²) >= 11 is 4.94. The number of hydrogen-bond acceptors (Lipinski definition) is 3. The van der Waals surface area contributed by atoms with Crippen LogP contribution in [0.1, 0.15) is 5.69 Å². The Morgan fingerprint density at radius 2 is 1.81 bits per heavy atom. The topological polar surface area (TPSA) is 45.4 Å². The van der Waals surface area contributed by atoms with Crippen molar-refractivity contribution in [2.75, 3.05) is 0 Å². The fourth-order valence-corrected chi connectivity index (χ4v) is 3.60. The van der Waals surface area contributed by atoms with Crippen molar-refractivity contribution in [3.63, 3.8) is 0 Å². The molecule has 0 aliphatic heterocycles. The van der Waals surface area contributed by atoms with Crippen molar-refractivity contribution in [2.24, 2.45) is 10.1 Å². The van der Waals surface area contributed by atoms with Crippen molar-refractivity contribution in [3.8, 4) is 11.3 Å². The lowest BCUT2D eigenvalue weighted by Gasteiger charge is -2.03. The van der Waals surface area contributed by atoms with Gasteiger partial charge in [-0.05, 0) is 48.5 Å². The highest BCUT2D eigenvalue weighted by Crippen LogP contribution is 2.23. The number of H-pyrrole nitrogens is 1. The molecule has 1 N–H and O–H groups in total. The number of nitrogens with one attached hydrogen (secondary N) is 1. The summed E-state index contributed by atoms with van der Waals surface area (Å²) in [6.07, 6.45) is 3.60. The van der Waals surface area contributed by atoms with Gasteiger partial charge in [0, 0.05) is 21.6 Å². The molecule has 0 spiro atoms. The van der Waals surface area contributed by atoms with Crippen LogP contribution in [-0.4, -0.2) is 15.9 Å². The van der Waals surface area contributed by atoms with Crippen molar-refractivity contribution in [1.29, 1.82) is 0 Å². The average Bonchev–Trinajstić information content (AvgIpc) is 3.32. The molecule has 0 radical (unpaired) electrons. The van der Waals surface area contributed by atoms with Gasteiger partial charge < -0.3 is 4.98 Å². The molecule has 0 saturated heterocycles. The molecule has 0 fully saturated rings. The highest BCUT2D eigenvalue weighted by molar-refractivity contribution is 9.10. The molecule has 2 aromatic heterocycles. The smallest absolute Gasteiger partial charge is 0.211 e. The molecule has 0 saturated carbocycles. The number of aromatic amines is 1. The Morgan fingerprint density at radius 1 is 1.04 bits per heavy atom. The van der Waals surface area contributed by atoms with Crippen LogP contribution in [-0.2, 0) is 0 Å². The summed E-state index contributed by atoms with van der Waals surface area (Å²) in [5.41, 5.74) is 3.52. The summed E-state index contributed by atoms with van der Waals surface area (Å²) in [5.74, 6) is -0.284. The highest BCUT2D eigenvalue weighted by atomic mass is 79.9. The normalized spacial score (nSPS) is 12.1. The standard InChI is InChI=1S/C20H14BrFN4S/c21-15-5-3-14(4-6-15)19-13-27-20(25-17-9-7-16(22)8-10-17)26(19)24-12-18-2-1-11-23-18/h1-13,23H. The molecular weight excluding hydrogens is 427 g/mol. The van der Waals surface area contributed by atoms with Gasteiger partial charge >= 0.3 is 0 Å². The van der Waals surface area contributed by atoms with E-state index in [0.29, 0.717) is 10.5 Å². The molecule has 0 atom stereocenters. The van der Waals surface area contributed by atoms with Crippen LogP contribution in [0, 0.1) is 5.82 Å². The molecule has 4 rings (SSSR count). The van der Waals surface area contributed by atoms with E-state index in [-0.39, 0.29) is 5.82 Å². The Hall–Kier alpha value is -2.77. The van der Waals surface area contributed by atoms with E-state index in [9.17, 15) is 4.39 Å². The highest BCUT2D eigenvalue weighted by Gasteiger charge is 2.08. The van der Waals surface area contributed by atoms with E-state index in [0.717, 1.165) is 21.4 Å². The van der Waals surface area contributed by atoms with Gasteiger partial charge in [0.2, 0.25) is 4.80 Å². The zero-order chi connectivity index (χ0) is 18.6.